The molecule has 5 heteroatoms. The van der Waals surface area contributed by atoms with Crippen LogP contribution in [0.4, 0.5) is 0 Å². The van der Waals surface area contributed by atoms with Gasteiger partial charge in [0, 0.05) is 31.3 Å². The van der Waals surface area contributed by atoms with Gasteiger partial charge in [0.25, 0.3) is 11.5 Å². The molecule has 3 heterocycles. The fourth-order valence-electron chi connectivity index (χ4n) is 2.62. The van der Waals surface area contributed by atoms with Crippen molar-refractivity contribution in [2.75, 3.05) is 6.54 Å². The van der Waals surface area contributed by atoms with E-state index in [0.717, 1.165) is 24.2 Å². The predicted octanol–water partition coefficient (Wildman–Crippen LogP) is 1.86. The smallest absolute Gasteiger partial charge is 0.261 e. The van der Waals surface area contributed by atoms with Crippen molar-refractivity contribution in [3.05, 3.63) is 57.4 Å². The Hall–Kier alpha value is -2.30. The average Bonchev–Trinajstić information content (AvgIpc) is 2.75. The topological polar surface area (TPSA) is 66.3 Å². The number of hydrogen-bond donors (Lipinski definition) is 1. The van der Waals surface area contributed by atoms with E-state index >= 15 is 0 Å². The molecule has 0 aromatic carbocycles. The number of nitrogens with one attached hydrogen (secondary N) is 1. The van der Waals surface area contributed by atoms with Crippen LogP contribution in [0.1, 0.15) is 33.7 Å². The zero-order chi connectivity index (χ0) is 14.1. The Labute approximate surface area is 116 Å². The molecule has 3 rings (SSSR count). The third kappa shape index (κ3) is 2.15. The van der Waals surface area contributed by atoms with Gasteiger partial charge in [0.1, 0.15) is 11.3 Å². The number of pyridine rings is 1. The van der Waals surface area contributed by atoms with Crippen molar-refractivity contribution in [1.29, 1.82) is 0 Å². The van der Waals surface area contributed by atoms with Crippen LogP contribution in [0.25, 0.3) is 0 Å². The lowest BCUT2D eigenvalue weighted by molar-refractivity contribution is 0.0743. The maximum atomic E-state index is 12.6. The molecule has 0 aliphatic carbocycles. The average molecular weight is 272 g/mol. The van der Waals surface area contributed by atoms with Crippen LogP contribution in [0.5, 0.6) is 0 Å². The maximum absolute atomic E-state index is 12.6. The van der Waals surface area contributed by atoms with E-state index in [4.69, 9.17) is 4.42 Å². The summed E-state index contributed by atoms with van der Waals surface area (Å²) in [6.45, 7) is 2.92. The van der Waals surface area contributed by atoms with Crippen molar-refractivity contribution in [2.24, 2.45) is 0 Å². The predicted molar refractivity (Wildman–Crippen MR) is 73.6 cm³/mol. The summed E-state index contributed by atoms with van der Waals surface area (Å²) in [4.78, 5) is 28.8. The lowest BCUT2D eigenvalue weighted by atomic mass is 10.1. The summed E-state index contributed by atoms with van der Waals surface area (Å²) >= 11 is 0. The standard InChI is InChI=1S/C15H16N2O3/c1-10-4-6-16-14(18)13(10)15(19)17-7-2-3-12-11(9-17)5-8-20-12/h4-6,8H,2-3,7,9H2,1H3,(H,16,18). The number of H-pyrrole nitrogens is 1. The lowest BCUT2D eigenvalue weighted by Gasteiger charge is -2.20. The number of nitrogens with zero attached hydrogens (tertiary/aromatic N) is 1. The molecule has 1 aliphatic heterocycles. The minimum atomic E-state index is -0.327. The van der Waals surface area contributed by atoms with Crippen LogP contribution >= 0.6 is 0 Å². The van der Waals surface area contributed by atoms with Gasteiger partial charge in [0.15, 0.2) is 0 Å². The number of amides is 1. The summed E-state index contributed by atoms with van der Waals surface area (Å²) in [6.07, 6.45) is 4.89. The molecule has 0 atom stereocenters. The van der Waals surface area contributed by atoms with E-state index in [0.29, 0.717) is 18.7 Å². The lowest BCUT2D eigenvalue weighted by Crippen LogP contribution is -2.35. The number of carbonyl (C=O) groups excluding carboxylic acids is 1. The number of carbonyl (C=O) groups is 1. The van der Waals surface area contributed by atoms with Crippen LogP contribution in [0, 0.1) is 6.92 Å². The Balaban J connectivity index is 1.93. The van der Waals surface area contributed by atoms with Gasteiger partial charge in [-0.25, -0.2) is 0 Å². The highest BCUT2D eigenvalue weighted by molar-refractivity contribution is 5.95. The van der Waals surface area contributed by atoms with Gasteiger partial charge in [-0.15, -0.1) is 0 Å². The van der Waals surface area contributed by atoms with Gasteiger partial charge in [-0.3, -0.25) is 9.59 Å². The quantitative estimate of drug-likeness (QED) is 0.861. The monoisotopic (exact) mass is 272 g/mol. The van der Waals surface area contributed by atoms with Crippen molar-refractivity contribution in [3.8, 4) is 0 Å². The van der Waals surface area contributed by atoms with Crippen molar-refractivity contribution in [3.63, 3.8) is 0 Å². The van der Waals surface area contributed by atoms with Gasteiger partial charge in [0.2, 0.25) is 0 Å². The van der Waals surface area contributed by atoms with E-state index in [9.17, 15) is 9.59 Å². The third-order valence-corrected chi connectivity index (χ3v) is 3.70. The van der Waals surface area contributed by atoms with Crippen LogP contribution < -0.4 is 5.56 Å². The van der Waals surface area contributed by atoms with Crippen molar-refractivity contribution in [1.82, 2.24) is 9.88 Å². The van der Waals surface area contributed by atoms with Gasteiger partial charge in [-0.2, -0.15) is 0 Å². The van der Waals surface area contributed by atoms with E-state index in [1.165, 1.54) is 0 Å². The summed E-state index contributed by atoms with van der Waals surface area (Å²) in [7, 11) is 0. The van der Waals surface area contributed by atoms with Crippen LogP contribution in [-0.4, -0.2) is 22.3 Å². The maximum Gasteiger partial charge on any atom is 0.261 e. The van der Waals surface area contributed by atoms with E-state index in [-0.39, 0.29) is 17.0 Å². The van der Waals surface area contributed by atoms with Gasteiger partial charge in [0.05, 0.1) is 6.26 Å². The number of aromatic nitrogens is 1. The summed E-state index contributed by atoms with van der Waals surface area (Å²) in [5.41, 5.74) is 1.64. The molecule has 104 valence electrons. The first-order valence-corrected chi connectivity index (χ1v) is 6.69. The normalized spacial score (nSPS) is 14.8. The first-order chi connectivity index (χ1) is 9.66. The van der Waals surface area contributed by atoms with E-state index < -0.39 is 0 Å². The van der Waals surface area contributed by atoms with E-state index in [1.54, 1.807) is 30.4 Å². The molecule has 1 N–H and O–H groups in total. The van der Waals surface area contributed by atoms with Gasteiger partial charge in [-0.1, -0.05) is 0 Å². The highest BCUT2D eigenvalue weighted by Crippen LogP contribution is 2.21. The molecule has 0 radical (unpaired) electrons. The zero-order valence-electron chi connectivity index (χ0n) is 11.3. The van der Waals surface area contributed by atoms with Crippen LogP contribution in [0.15, 0.2) is 33.8 Å². The number of hydrogen-bond acceptors (Lipinski definition) is 3. The first-order valence-electron chi connectivity index (χ1n) is 6.69. The van der Waals surface area contributed by atoms with Gasteiger partial charge < -0.3 is 14.3 Å². The highest BCUT2D eigenvalue weighted by atomic mass is 16.3. The van der Waals surface area contributed by atoms with Crippen molar-refractivity contribution < 1.29 is 9.21 Å². The van der Waals surface area contributed by atoms with Crippen molar-refractivity contribution >= 4 is 5.91 Å². The molecule has 2 aromatic rings. The highest BCUT2D eigenvalue weighted by Gasteiger charge is 2.24. The summed E-state index contributed by atoms with van der Waals surface area (Å²) in [5.74, 6) is 0.734. The number of furan rings is 1. The van der Waals surface area contributed by atoms with E-state index in [2.05, 4.69) is 4.98 Å². The van der Waals surface area contributed by atoms with Crippen molar-refractivity contribution in [2.45, 2.75) is 26.3 Å². The fourth-order valence-corrected chi connectivity index (χ4v) is 2.62. The Morgan fingerprint density at radius 3 is 3.05 bits per heavy atom. The first kappa shape index (κ1) is 12.7. The minimum Gasteiger partial charge on any atom is -0.469 e. The summed E-state index contributed by atoms with van der Waals surface area (Å²) in [6, 6.07) is 3.64. The zero-order valence-corrected chi connectivity index (χ0v) is 11.3. The summed E-state index contributed by atoms with van der Waals surface area (Å²) < 4.78 is 5.41. The molecule has 1 aliphatic rings. The van der Waals surface area contributed by atoms with Gasteiger partial charge in [-0.05, 0) is 31.0 Å². The minimum absolute atomic E-state index is 0.210. The molecule has 20 heavy (non-hydrogen) atoms. The second-order valence-electron chi connectivity index (χ2n) is 5.06. The van der Waals surface area contributed by atoms with Crippen LogP contribution in [0.2, 0.25) is 0 Å². The molecule has 5 nitrogen and oxygen atoms in total. The SMILES string of the molecule is Cc1cc[nH]c(=O)c1C(=O)N1CCCc2occc2C1. The molecular weight excluding hydrogens is 256 g/mol. The van der Waals surface area contributed by atoms with E-state index in [1.807, 2.05) is 6.07 Å². The Kier molecular flexibility index (Phi) is 3.18. The third-order valence-electron chi connectivity index (χ3n) is 3.70. The molecule has 0 saturated heterocycles. The Morgan fingerprint density at radius 2 is 2.25 bits per heavy atom. The number of aromatic amines is 1. The summed E-state index contributed by atoms with van der Waals surface area (Å²) in [5, 5.41) is 0. The largest absolute Gasteiger partial charge is 0.469 e. The molecule has 1 amide bonds. The molecule has 0 fully saturated rings. The molecule has 0 spiro atoms. The number of fused-ring (bicyclic) bond motifs is 1. The second kappa shape index (κ2) is 5.00. The number of aryl methyl sites for hydroxylation is 2. The molecular formula is C15H16N2O3. The van der Waals surface area contributed by atoms with Crippen LogP contribution in [-0.2, 0) is 13.0 Å². The fraction of sp³-hybridized carbons (Fsp3) is 0.333. The molecule has 0 bridgehead atoms. The second-order valence-corrected chi connectivity index (χ2v) is 5.06. The molecule has 0 saturated carbocycles. The Bertz CT molecular complexity index is 699. The molecule has 0 unspecified atom stereocenters. The molecule has 2 aromatic heterocycles. The Morgan fingerprint density at radius 1 is 1.40 bits per heavy atom. The number of rotatable bonds is 1. The van der Waals surface area contributed by atoms with Gasteiger partial charge >= 0.3 is 0 Å². The van der Waals surface area contributed by atoms with Crippen LogP contribution in [0.3, 0.4) is 0 Å².